The number of aromatic nitrogens is 2. The van der Waals surface area contributed by atoms with Crippen LogP contribution in [0.25, 0.3) is 0 Å². The van der Waals surface area contributed by atoms with Crippen molar-refractivity contribution >= 4 is 5.82 Å². The van der Waals surface area contributed by atoms with Crippen molar-refractivity contribution in [3.05, 3.63) is 11.9 Å². The Balaban J connectivity index is 2.23. The van der Waals surface area contributed by atoms with Crippen LogP contribution < -0.4 is 15.4 Å². The van der Waals surface area contributed by atoms with Gasteiger partial charge in [-0.05, 0) is 19.3 Å². The lowest BCUT2D eigenvalue weighted by molar-refractivity contribution is 0.388. The van der Waals surface area contributed by atoms with Crippen LogP contribution in [-0.2, 0) is 0 Å². The first kappa shape index (κ1) is 12.1. The molecule has 0 radical (unpaired) electrons. The van der Waals surface area contributed by atoms with Gasteiger partial charge in [0, 0.05) is 25.2 Å². The molecule has 0 aromatic carbocycles. The zero-order chi connectivity index (χ0) is 12.4. The molecule has 5 nitrogen and oxygen atoms in total. The van der Waals surface area contributed by atoms with Crippen LogP contribution in [0, 0.1) is 12.8 Å². The van der Waals surface area contributed by atoms with Crippen molar-refractivity contribution in [2.45, 2.75) is 26.3 Å². The summed E-state index contributed by atoms with van der Waals surface area (Å²) < 4.78 is 5.17. The van der Waals surface area contributed by atoms with Gasteiger partial charge in [0.2, 0.25) is 5.88 Å². The second-order valence-electron chi connectivity index (χ2n) is 4.82. The summed E-state index contributed by atoms with van der Waals surface area (Å²) in [4.78, 5) is 10.9. The Morgan fingerprint density at radius 3 is 2.82 bits per heavy atom. The minimum Gasteiger partial charge on any atom is -0.481 e. The van der Waals surface area contributed by atoms with Crippen molar-refractivity contribution in [1.82, 2.24) is 9.97 Å². The van der Waals surface area contributed by atoms with Gasteiger partial charge in [-0.1, -0.05) is 6.92 Å². The van der Waals surface area contributed by atoms with Crippen molar-refractivity contribution in [3.63, 3.8) is 0 Å². The molecule has 0 spiro atoms. The van der Waals surface area contributed by atoms with Crippen LogP contribution in [0.4, 0.5) is 5.82 Å². The van der Waals surface area contributed by atoms with Crippen molar-refractivity contribution in [2.75, 3.05) is 25.1 Å². The summed E-state index contributed by atoms with van der Waals surface area (Å²) in [7, 11) is 1.62. The van der Waals surface area contributed by atoms with Crippen molar-refractivity contribution in [3.8, 4) is 5.88 Å². The summed E-state index contributed by atoms with van der Waals surface area (Å²) in [5.41, 5.74) is 6.05. The highest BCUT2D eigenvalue weighted by molar-refractivity contribution is 5.42. The molecule has 2 rings (SSSR count). The van der Waals surface area contributed by atoms with Gasteiger partial charge in [0.1, 0.15) is 11.6 Å². The fourth-order valence-electron chi connectivity index (χ4n) is 2.38. The van der Waals surface area contributed by atoms with Crippen LogP contribution in [0.1, 0.15) is 19.2 Å². The molecule has 1 fully saturated rings. The van der Waals surface area contributed by atoms with Crippen LogP contribution >= 0.6 is 0 Å². The quantitative estimate of drug-likeness (QED) is 0.829. The second kappa shape index (κ2) is 4.87. The Labute approximate surface area is 102 Å². The SMILES string of the molecule is COc1cc(N2CC(C)CC(N)C2)nc(C)n1. The number of hydrogen-bond acceptors (Lipinski definition) is 5. The molecule has 0 amide bonds. The molecule has 94 valence electrons. The maximum Gasteiger partial charge on any atom is 0.218 e. The van der Waals surface area contributed by atoms with E-state index >= 15 is 0 Å². The van der Waals surface area contributed by atoms with Gasteiger partial charge in [-0.2, -0.15) is 4.98 Å². The van der Waals surface area contributed by atoms with Gasteiger partial charge in [0.25, 0.3) is 0 Å². The summed E-state index contributed by atoms with van der Waals surface area (Å²) in [6.07, 6.45) is 1.08. The molecular formula is C12H20N4O. The van der Waals surface area contributed by atoms with E-state index in [4.69, 9.17) is 10.5 Å². The van der Waals surface area contributed by atoms with Crippen LogP contribution in [0.15, 0.2) is 6.07 Å². The number of aryl methyl sites for hydroxylation is 1. The highest BCUT2D eigenvalue weighted by atomic mass is 16.5. The molecule has 0 bridgehead atoms. The van der Waals surface area contributed by atoms with Gasteiger partial charge in [0.15, 0.2) is 0 Å². The number of piperidine rings is 1. The van der Waals surface area contributed by atoms with E-state index in [-0.39, 0.29) is 6.04 Å². The molecule has 2 heterocycles. The molecule has 2 N–H and O–H groups in total. The number of nitrogens with zero attached hydrogens (tertiary/aromatic N) is 3. The summed E-state index contributed by atoms with van der Waals surface area (Å²) in [5.74, 6) is 2.85. The molecule has 17 heavy (non-hydrogen) atoms. The van der Waals surface area contributed by atoms with Gasteiger partial charge < -0.3 is 15.4 Å². The molecule has 0 aliphatic carbocycles. The van der Waals surface area contributed by atoms with E-state index in [0.29, 0.717) is 11.8 Å². The standard InChI is InChI=1S/C12H20N4O/c1-8-4-10(13)7-16(6-8)11-5-12(17-3)15-9(2)14-11/h5,8,10H,4,6-7,13H2,1-3H3. The van der Waals surface area contributed by atoms with E-state index in [1.807, 2.05) is 13.0 Å². The normalized spacial score (nSPS) is 24.8. The monoisotopic (exact) mass is 236 g/mol. The topological polar surface area (TPSA) is 64.3 Å². The summed E-state index contributed by atoms with van der Waals surface area (Å²) >= 11 is 0. The van der Waals surface area contributed by atoms with Crippen molar-refractivity contribution < 1.29 is 4.74 Å². The molecular weight excluding hydrogens is 216 g/mol. The van der Waals surface area contributed by atoms with Gasteiger partial charge in [0.05, 0.1) is 7.11 Å². The molecule has 5 heteroatoms. The minimum atomic E-state index is 0.222. The maximum absolute atomic E-state index is 6.05. The lowest BCUT2D eigenvalue weighted by atomic mass is 9.97. The third-order valence-corrected chi connectivity index (χ3v) is 3.03. The van der Waals surface area contributed by atoms with Crippen LogP contribution in [0.5, 0.6) is 5.88 Å². The van der Waals surface area contributed by atoms with Crippen LogP contribution in [0.3, 0.4) is 0 Å². The molecule has 2 unspecified atom stereocenters. The zero-order valence-corrected chi connectivity index (χ0v) is 10.7. The lowest BCUT2D eigenvalue weighted by Gasteiger charge is -2.35. The first-order valence-electron chi connectivity index (χ1n) is 5.98. The minimum absolute atomic E-state index is 0.222. The average Bonchev–Trinajstić information content (AvgIpc) is 2.26. The van der Waals surface area contributed by atoms with Crippen LogP contribution in [-0.4, -0.2) is 36.2 Å². The third-order valence-electron chi connectivity index (χ3n) is 3.03. The predicted molar refractivity (Wildman–Crippen MR) is 67.3 cm³/mol. The highest BCUT2D eigenvalue weighted by Gasteiger charge is 2.23. The first-order chi connectivity index (χ1) is 8.08. The fraction of sp³-hybridized carbons (Fsp3) is 0.667. The van der Waals surface area contributed by atoms with Gasteiger partial charge >= 0.3 is 0 Å². The first-order valence-corrected chi connectivity index (χ1v) is 5.98. The molecule has 1 aromatic heterocycles. The molecule has 1 saturated heterocycles. The predicted octanol–water partition coefficient (Wildman–Crippen LogP) is 0.967. The molecule has 0 saturated carbocycles. The molecule has 1 aliphatic rings. The third kappa shape index (κ3) is 2.85. The summed E-state index contributed by atoms with van der Waals surface area (Å²) in [6, 6.07) is 2.10. The number of rotatable bonds is 2. The second-order valence-corrected chi connectivity index (χ2v) is 4.82. The Bertz CT molecular complexity index is 386. The van der Waals surface area contributed by atoms with E-state index in [9.17, 15) is 0 Å². The Morgan fingerprint density at radius 1 is 1.41 bits per heavy atom. The average molecular weight is 236 g/mol. The van der Waals surface area contributed by atoms with Gasteiger partial charge in [-0.15, -0.1) is 0 Å². The number of hydrogen-bond donors (Lipinski definition) is 1. The Hall–Kier alpha value is -1.36. The molecule has 1 aromatic rings. The van der Waals surface area contributed by atoms with E-state index in [1.54, 1.807) is 7.11 Å². The van der Waals surface area contributed by atoms with E-state index in [2.05, 4.69) is 21.8 Å². The number of ether oxygens (including phenoxy) is 1. The Morgan fingerprint density at radius 2 is 2.18 bits per heavy atom. The summed E-state index contributed by atoms with van der Waals surface area (Å²) in [5, 5.41) is 0. The van der Waals surface area contributed by atoms with Gasteiger partial charge in [-0.3, -0.25) is 0 Å². The van der Waals surface area contributed by atoms with Crippen LogP contribution in [0.2, 0.25) is 0 Å². The number of anilines is 1. The number of nitrogens with two attached hydrogens (primary N) is 1. The molecule has 1 aliphatic heterocycles. The van der Waals surface area contributed by atoms with E-state index in [0.717, 1.165) is 31.2 Å². The van der Waals surface area contributed by atoms with Crippen molar-refractivity contribution in [2.24, 2.45) is 11.7 Å². The summed E-state index contributed by atoms with van der Waals surface area (Å²) in [6.45, 7) is 5.94. The van der Waals surface area contributed by atoms with E-state index < -0.39 is 0 Å². The zero-order valence-electron chi connectivity index (χ0n) is 10.7. The number of methoxy groups -OCH3 is 1. The van der Waals surface area contributed by atoms with Gasteiger partial charge in [-0.25, -0.2) is 4.98 Å². The highest BCUT2D eigenvalue weighted by Crippen LogP contribution is 2.23. The molecule has 2 atom stereocenters. The smallest absolute Gasteiger partial charge is 0.218 e. The fourth-order valence-corrected chi connectivity index (χ4v) is 2.38. The van der Waals surface area contributed by atoms with E-state index in [1.165, 1.54) is 0 Å². The lowest BCUT2D eigenvalue weighted by Crippen LogP contribution is -2.46. The largest absolute Gasteiger partial charge is 0.481 e. The Kier molecular flexibility index (Phi) is 3.47. The van der Waals surface area contributed by atoms with Crippen molar-refractivity contribution in [1.29, 1.82) is 0 Å². The maximum atomic E-state index is 6.05.